The van der Waals surface area contributed by atoms with E-state index in [0.717, 1.165) is 17.8 Å². The zero-order valence-corrected chi connectivity index (χ0v) is 14.4. The summed E-state index contributed by atoms with van der Waals surface area (Å²) >= 11 is 0. The Labute approximate surface area is 147 Å². The fourth-order valence-electron chi connectivity index (χ4n) is 3.02. The summed E-state index contributed by atoms with van der Waals surface area (Å²) < 4.78 is 1.74. The second-order valence-electron chi connectivity index (χ2n) is 6.02. The van der Waals surface area contributed by atoms with Crippen LogP contribution in [-0.4, -0.2) is 44.7 Å². The number of rotatable bonds is 5. The van der Waals surface area contributed by atoms with Crippen LogP contribution in [0.4, 0.5) is 0 Å². The second kappa shape index (κ2) is 7.34. The van der Waals surface area contributed by atoms with E-state index in [-0.39, 0.29) is 11.8 Å². The molecule has 0 atom stereocenters. The summed E-state index contributed by atoms with van der Waals surface area (Å²) in [4.78, 5) is 25.3. The summed E-state index contributed by atoms with van der Waals surface area (Å²) in [6.07, 6.45) is 5.07. The van der Waals surface area contributed by atoms with Crippen LogP contribution in [0.15, 0.2) is 49.2 Å². The Bertz CT molecular complexity index is 782. The van der Waals surface area contributed by atoms with E-state index >= 15 is 0 Å². The highest BCUT2D eigenvalue weighted by atomic mass is 16.2. The molecule has 1 aliphatic heterocycles. The summed E-state index contributed by atoms with van der Waals surface area (Å²) in [5, 5.41) is 7.46. The first kappa shape index (κ1) is 17.0. The fraction of sp³-hybridized carbons (Fsp3) is 0.316. The van der Waals surface area contributed by atoms with Gasteiger partial charge < -0.3 is 0 Å². The lowest BCUT2D eigenvalue weighted by atomic mass is 10.2. The van der Waals surface area contributed by atoms with Gasteiger partial charge in [-0.2, -0.15) is 5.10 Å². The van der Waals surface area contributed by atoms with E-state index in [2.05, 4.69) is 11.7 Å². The van der Waals surface area contributed by atoms with E-state index in [9.17, 15) is 9.59 Å². The maximum Gasteiger partial charge on any atom is 0.275 e. The minimum Gasteiger partial charge on any atom is -0.273 e. The van der Waals surface area contributed by atoms with Gasteiger partial charge in [0.15, 0.2) is 0 Å². The van der Waals surface area contributed by atoms with Gasteiger partial charge in [-0.1, -0.05) is 24.3 Å². The van der Waals surface area contributed by atoms with Gasteiger partial charge >= 0.3 is 0 Å². The molecule has 0 spiro atoms. The van der Waals surface area contributed by atoms with Gasteiger partial charge in [0.1, 0.15) is 0 Å². The summed E-state index contributed by atoms with van der Waals surface area (Å²) in [5.41, 5.74) is 2.19. The van der Waals surface area contributed by atoms with Gasteiger partial charge in [0, 0.05) is 19.5 Å². The normalized spacial score (nSPS) is 14.0. The standard InChI is InChI=1S/C19H22N4O2/c1-3-4-11-18(24)21-12-8-13-22(21)19(25)17-14-20-23(15(17)2)16-9-6-5-7-10-16/h3,5-7,9-10,14H,1,4,8,11-13H2,2H3. The number of allylic oxidation sites excluding steroid dienone is 1. The number of amides is 2. The van der Waals surface area contributed by atoms with Gasteiger partial charge in [0.2, 0.25) is 5.91 Å². The van der Waals surface area contributed by atoms with Crippen molar-refractivity contribution in [1.82, 2.24) is 19.8 Å². The molecule has 25 heavy (non-hydrogen) atoms. The van der Waals surface area contributed by atoms with E-state index in [0.29, 0.717) is 31.5 Å². The Balaban J connectivity index is 1.82. The van der Waals surface area contributed by atoms with E-state index in [1.165, 1.54) is 0 Å². The number of hydrogen-bond acceptors (Lipinski definition) is 3. The molecule has 0 N–H and O–H groups in total. The van der Waals surface area contributed by atoms with Gasteiger partial charge in [-0.3, -0.25) is 14.6 Å². The highest BCUT2D eigenvalue weighted by Gasteiger charge is 2.32. The molecular weight excluding hydrogens is 316 g/mol. The SMILES string of the molecule is C=CCCC(=O)N1CCCN1C(=O)c1cnn(-c2ccccc2)c1C. The number of nitrogens with zero attached hydrogens (tertiary/aromatic N) is 4. The highest BCUT2D eigenvalue weighted by molar-refractivity contribution is 5.96. The van der Waals surface area contributed by atoms with Crippen molar-refractivity contribution < 1.29 is 9.59 Å². The lowest BCUT2D eigenvalue weighted by Gasteiger charge is -2.27. The number of benzene rings is 1. The largest absolute Gasteiger partial charge is 0.275 e. The van der Waals surface area contributed by atoms with Crippen LogP contribution >= 0.6 is 0 Å². The third-order valence-electron chi connectivity index (χ3n) is 4.36. The van der Waals surface area contributed by atoms with Crippen LogP contribution in [0.25, 0.3) is 5.69 Å². The van der Waals surface area contributed by atoms with Crippen LogP contribution in [0, 0.1) is 6.92 Å². The van der Waals surface area contributed by atoms with Gasteiger partial charge in [-0.25, -0.2) is 9.69 Å². The number of aromatic nitrogens is 2. The number of hydrogen-bond donors (Lipinski definition) is 0. The first-order valence-electron chi connectivity index (χ1n) is 8.46. The third-order valence-corrected chi connectivity index (χ3v) is 4.36. The Morgan fingerprint density at radius 3 is 2.64 bits per heavy atom. The van der Waals surface area contributed by atoms with Crippen molar-refractivity contribution in [2.45, 2.75) is 26.2 Å². The Hall–Kier alpha value is -2.89. The quantitative estimate of drug-likeness (QED) is 0.788. The number of carbonyl (C=O) groups excluding carboxylic acids is 2. The molecule has 2 heterocycles. The van der Waals surface area contributed by atoms with Crippen LogP contribution in [0.5, 0.6) is 0 Å². The zero-order chi connectivity index (χ0) is 17.8. The number of carbonyl (C=O) groups is 2. The van der Waals surface area contributed by atoms with Gasteiger partial charge in [0.05, 0.1) is 23.1 Å². The molecule has 1 aromatic heterocycles. The molecule has 0 radical (unpaired) electrons. The van der Waals surface area contributed by atoms with Crippen LogP contribution in [-0.2, 0) is 4.79 Å². The monoisotopic (exact) mass is 338 g/mol. The van der Waals surface area contributed by atoms with Crippen molar-refractivity contribution in [2.75, 3.05) is 13.1 Å². The highest BCUT2D eigenvalue weighted by Crippen LogP contribution is 2.20. The van der Waals surface area contributed by atoms with Crippen molar-refractivity contribution in [1.29, 1.82) is 0 Å². The van der Waals surface area contributed by atoms with Crippen LogP contribution in [0.2, 0.25) is 0 Å². The lowest BCUT2D eigenvalue weighted by molar-refractivity contribution is -0.140. The van der Waals surface area contributed by atoms with Crippen molar-refractivity contribution in [2.24, 2.45) is 0 Å². The summed E-state index contributed by atoms with van der Waals surface area (Å²) in [7, 11) is 0. The molecule has 130 valence electrons. The molecular formula is C19H22N4O2. The Morgan fingerprint density at radius 1 is 1.20 bits per heavy atom. The van der Waals surface area contributed by atoms with Crippen molar-refractivity contribution in [3.05, 3.63) is 60.4 Å². The summed E-state index contributed by atoms with van der Waals surface area (Å²) in [6.45, 7) is 6.64. The van der Waals surface area contributed by atoms with E-state index in [1.807, 2.05) is 37.3 Å². The molecule has 3 rings (SSSR count). The molecule has 1 aromatic carbocycles. The molecule has 2 aromatic rings. The molecule has 0 saturated carbocycles. The fourth-order valence-corrected chi connectivity index (χ4v) is 3.02. The van der Waals surface area contributed by atoms with E-state index in [1.54, 1.807) is 27.0 Å². The van der Waals surface area contributed by atoms with Crippen molar-refractivity contribution in [3.63, 3.8) is 0 Å². The number of para-hydroxylation sites is 1. The summed E-state index contributed by atoms with van der Waals surface area (Å²) in [6, 6.07) is 9.67. The molecule has 2 amide bonds. The molecule has 1 fully saturated rings. The van der Waals surface area contributed by atoms with Gasteiger partial charge in [0.25, 0.3) is 5.91 Å². The molecule has 6 nitrogen and oxygen atoms in total. The Kier molecular flexibility index (Phi) is 4.97. The molecule has 6 heteroatoms. The van der Waals surface area contributed by atoms with Gasteiger partial charge in [-0.05, 0) is 31.9 Å². The topological polar surface area (TPSA) is 58.4 Å². The molecule has 0 unspecified atom stereocenters. The molecule has 1 saturated heterocycles. The third kappa shape index (κ3) is 3.33. The van der Waals surface area contributed by atoms with Crippen LogP contribution in [0.3, 0.4) is 0 Å². The maximum absolute atomic E-state index is 13.0. The minimum absolute atomic E-state index is 0.0427. The van der Waals surface area contributed by atoms with Crippen LogP contribution < -0.4 is 0 Å². The average molecular weight is 338 g/mol. The first-order chi connectivity index (χ1) is 12.1. The zero-order valence-electron chi connectivity index (χ0n) is 14.4. The number of hydrazine groups is 1. The molecule has 1 aliphatic rings. The van der Waals surface area contributed by atoms with E-state index < -0.39 is 0 Å². The predicted molar refractivity (Wildman–Crippen MR) is 95.1 cm³/mol. The average Bonchev–Trinajstić information content (AvgIpc) is 3.27. The second-order valence-corrected chi connectivity index (χ2v) is 6.02. The van der Waals surface area contributed by atoms with Crippen molar-refractivity contribution in [3.8, 4) is 5.69 Å². The van der Waals surface area contributed by atoms with Crippen LogP contribution in [0.1, 0.15) is 35.3 Å². The Morgan fingerprint density at radius 2 is 1.92 bits per heavy atom. The summed E-state index contributed by atoms with van der Waals surface area (Å²) in [5.74, 6) is -0.219. The first-order valence-corrected chi connectivity index (χ1v) is 8.46. The van der Waals surface area contributed by atoms with E-state index in [4.69, 9.17) is 0 Å². The predicted octanol–water partition coefficient (Wildman–Crippen LogP) is 2.74. The van der Waals surface area contributed by atoms with Gasteiger partial charge in [-0.15, -0.1) is 6.58 Å². The lowest BCUT2D eigenvalue weighted by Crippen LogP contribution is -2.44. The maximum atomic E-state index is 13.0. The minimum atomic E-state index is -0.177. The molecule has 0 bridgehead atoms. The smallest absolute Gasteiger partial charge is 0.273 e. The van der Waals surface area contributed by atoms with Crippen molar-refractivity contribution >= 4 is 11.8 Å². The molecule has 0 aliphatic carbocycles.